The smallest absolute Gasteiger partial charge is 0.305 e. The standard InChI is InChI=1S/C10H18O4/c1-3-4-5-10(13)14-7-8(2)6-9(11)12/h8H,3-7H2,1-2H3,(H,11,12). The Morgan fingerprint density at radius 2 is 2.07 bits per heavy atom. The number of carboxylic acids is 1. The second-order valence-corrected chi connectivity index (χ2v) is 3.49. The summed E-state index contributed by atoms with van der Waals surface area (Å²) >= 11 is 0. The van der Waals surface area contributed by atoms with Crippen molar-refractivity contribution in [2.24, 2.45) is 5.92 Å². The maximum atomic E-state index is 11.0. The second kappa shape index (κ2) is 7.35. The Bertz CT molecular complexity index is 189. The van der Waals surface area contributed by atoms with Crippen molar-refractivity contribution in [2.45, 2.75) is 39.5 Å². The van der Waals surface area contributed by atoms with E-state index in [-0.39, 0.29) is 24.9 Å². The van der Waals surface area contributed by atoms with Crippen LogP contribution in [0, 0.1) is 5.92 Å². The Kier molecular flexibility index (Phi) is 6.80. The van der Waals surface area contributed by atoms with Crippen molar-refractivity contribution in [1.29, 1.82) is 0 Å². The minimum Gasteiger partial charge on any atom is -0.481 e. The van der Waals surface area contributed by atoms with Crippen LogP contribution in [0.4, 0.5) is 0 Å². The summed E-state index contributed by atoms with van der Waals surface area (Å²) in [5.41, 5.74) is 0. The van der Waals surface area contributed by atoms with Gasteiger partial charge in [-0.05, 0) is 6.42 Å². The average molecular weight is 202 g/mol. The minimum absolute atomic E-state index is 0.0427. The highest BCUT2D eigenvalue weighted by Gasteiger charge is 2.10. The van der Waals surface area contributed by atoms with Gasteiger partial charge in [0.15, 0.2) is 0 Å². The van der Waals surface area contributed by atoms with Crippen LogP contribution in [0.25, 0.3) is 0 Å². The molecule has 0 radical (unpaired) electrons. The third-order valence-electron chi connectivity index (χ3n) is 1.79. The topological polar surface area (TPSA) is 63.6 Å². The zero-order valence-corrected chi connectivity index (χ0v) is 8.78. The number of carbonyl (C=O) groups excluding carboxylic acids is 1. The van der Waals surface area contributed by atoms with Crippen LogP contribution >= 0.6 is 0 Å². The van der Waals surface area contributed by atoms with Gasteiger partial charge in [0.05, 0.1) is 13.0 Å². The van der Waals surface area contributed by atoms with Gasteiger partial charge in [0, 0.05) is 12.3 Å². The molecule has 1 N–H and O–H groups in total. The zero-order chi connectivity index (χ0) is 11.0. The number of esters is 1. The molecule has 0 aliphatic heterocycles. The molecule has 0 amide bonds. The predicted molar refractivity (Wildman–Crippen MR) is 51.9 cm³/mol. The van der Waals surface area contributed by atoms with E-state index in [0.29, 0.717) is 6.42 Å². The molecule has 0 aromatic heterocycles. The number of aliphatic carboxylic acids is 1. The molecule has 0 aliphatic carbocycles. The van der Waals surface area contributed by atoms with Crippen molar-refractivity contribution in [3.63, 3.8) is 0 Å². The molecule has 4 nitrogen and oxygen atoms in total. The van der Waals surface area contributed by atoms with E-state index < -0.39 is 5.97 Å². The van der Waals surface area contributed by atoms with Gasteiger partial charge in [-0.2, -0.15) is 0 Å². The maximum absolute atomic E-state index is 11.0. The van der Waals surface area contributed by atoms with Crippen LogP contribution in [0.1, 0.15) is 39.5 Å². The lowest BCUT2D eigenvalue weighted by molar-refractivity contribution is -0.147. The molecule has 0 aromatic carbocycles. The van der Waals surface area contributed by atoms with E-state index >= 15 is 0 Å². The number of carboxylic acid groups (broad SMARTS) is 1. The highest BCUT2D eigenvalue weighted by Crippen LogP contribution is 2.04. The molecule has 0 aliphatic rings. The first kappa shape index (κ1) is 12.9. The molecular formula is C10H18O4. The SMILES string of the molecule is CCCCC(=O)OCC(C)CC(=O)O. The first-order chi connectivity index (χ1) is 6.56. The van der Waals surface area contributed by atoms with Crippen LogP contribution in [0.2, 0.25) is 0 Å². The van der Waals surface area contributed by atoms with Gasteiger partial charge in [-0.15, -0.1) is 0 Å². The first-order valence-corrected chi connectivity index (χ1v) is 4.93. The van der Waals surface area contributed by atoms with Gasteiger partial charge < -0.3 is 9.84 Å². The lowest BCUT2D eigenvalue weighted by atomic mass is 10.1. The molecule has 0 rings (SSSR count). The van der Waals surface area contributed by atoms with Gasteiger partial charge in [-0.3, -0.25) is 9.59 Å². The summed E-state index contributed by atoms with van der Waals surface area (Å²) < 4.78 is 4.90. The number of hydrogen-bond acceptors (Lipinski definition) is 3. The summed E-state index contributed by atoms with van der Waals surface area (Å²) in [6, 6.07) is 0. The Labute approximate surface area is 84.3 Å². The van der Waals surface area contributed by atoms with E-state index in [1.165, 1.54) is 0 Å². The van der Waals surface area contributed by atoms with E-state index in [2.05, 4.69) is 0 Å². The van der Waals surface area contributed by atoms with E-state index in [1.807, 2.05) is 6.92 Å². The quantitative estimate of drug-likeness (QED) is 0.640. The van der Waals surface area contributed by atoms with E-state index in [9.17, 15) is 9.59 Å². The number of carbonyl (C=O) groups is 2. The first-order valence-electron chi connectivity index (χ1n) is 4.93. The van der Waals surface area contributed by atoms with Crippen molar-refractivity contribution in [2.75, 3.05) is 6.61 Å². The van der Waals surface area contributed by atoms with Crippen LogP contribution in [-0.4, -0.2) is 23.7 Å². The highest BCUT2D eigenvalue weighted by molar-refractivity contribution is 5.69. The molecule has 0 saturated heterocycles. The van der Waals surface area contributed by atoms with Crippen molar-refractivity contribution in [3.8, 4) is 0 Å². The molecule has 0 aromatic rings. The molecule has 82 valence electrons. The van der Waals surface area contributed by atoms with Crippen LogP contribution < -0.4 is 0 Å². The number of unbranched alkanes of at least 4 members (excludes halogenated alkanes) is 1. The molecule has 0 heterocycles. The van der Waals surface area contributed by atoms with Gasteiger partial charge in [0.1, 0.15) is 0 Å². The minimum atomic E-state index is -0.859. The summed E-state index contributed by atoms with van der Waals surface area (Å²) in [4.78, 5) is 21.3. The monoisotopic (exact) mass is 202 g/mol. The van der Waals surface area contributed by atoms with Crippen molar-refractivity contribution in [3.05, 3.63) is 0 Å². The molecule has 0 spiro atoms. The highest BCUT2D eigenvalue weighted by atomic mass is 16.5. The van der Waals surface area contributed by atoms with Gasteiger partial charge in [0.25, 0.3) is 0 Å². The van der Waals surface area contributed by atoms with Gasteiger partial charge in [-0.1, -0.05) is 20.3 Å². The van der Waals surface area contributed by atoms with Crippen LogP contribution in [0.3, 0.4) is 0 Å². The van der Waals surface area contributed by atoms with Crippen molar-refractivity contribution in [1.82, 2.24) is 0 Å². The van der Waals surface area contributed by atoms with Crippen molar-refractivity contribution >= 4 is 11.9 Å². The lowest BCUT2D eigenvalue weighted by Crippen LogP contribution is -2.14. The second-order valence-electron chi connectivity index (χ2n) is 3.49. The fraction of sp³-hybridized carbons (Fsp3) is 0.800. The van der Waals surface area contributed by atoms with Gasteiger partial charge >= 0.3 is 11.9 Å². The normalized spacial score (nSPS) is 12.1. The molecule has 0 bridgehead atoms. The summed E-state index contributed by atoms with van der Waals surface area (Å²) in [5.74, 6) is -1.20. The average Bonchev–Trinajstić information content (AvgIpc) is 2.10. The summed E-state index contributed by atoms with van der Waals surface area (Å²) in [5, 5.41) is 8.45. The summed E-state index contributed by atoms with van der Waals surface area (Å²) in [6.45, 7) is 3.95. The predicted octanol–water partition coefficient (Wildman–Crippen LogP) is 1.83. The largest absolute Gasteiger partial charge is 0.481 e. The third-order valence-corrected chi connectivity index (χ3v) is 1.79. The van der Waals surface area contributed by atoms with Gasteiger partial charge in [0.2, 0.25) is 0 Å². The Morgan fingerprint density at radius 1 is 1.43 bits per heavy atom. The van der Waals surface area contributed by atoms with E-state index in [0.717, 1.165) is 12.8 Å². The van der Waals surface area contributed by atoms with Crippen molar-refractivity contribution < 1.29 is 19.4 Å². The Hall–Kier alpha value is -1.06. The molecule has 0 fully saturated rings. The van der Waals surface area contributed by atoms with Crippen LogP contribution in [-0.2, 0) is 14.3 Å². The summed E-state index contributed by atoms with van der Waals surface area (Å²) in [6.07, 6.45) is 2.25. The van der Waals surface area contributed by atoms with E-state index in [4.69, 9.17) is 9.84 Å². The molecule has 1 unspecified atom stereocenters. The Balaban J connectivity index is 3.50. The van der Waals surface area contributed by atoms with Crippen LogP contribution in [0.5, 0.6) is 0 Å². The maximum Gasteiger partial charge on any atom is 0.305 e. The molecule has 14 heavy (non-hydrogen) atoms. The molecule has 0 saturated carbocycles. The number of hydrogen-bond donors (Lipinski definition) is 1. The fourth-order valence-electron chi connectivity index (χ4n) is 0.986. The fourth-order valence-corrected chi connectivity index (χ4v) is 0.986. The molecule has 4 heteroatoms. The number of rotatable bonds is 7. The van der Waals surface area contributed by atoms with E-state index in [1.54, 1.807) is 6.92 Å². The Morgan fingerprint density at radius 3 is 2.57 bits per heavy atom. The van der Waals surface area contributed by atoms with Crippen LogP contribution in [0.15, 0.2) is 0 Å². The van der Waals surface area contributed by atoms with Gasteiger partial charge in [-0.25, -0.2) is 0 Å². The molecular weight excluding hydrogens is 184 g/mol. The summed E-state index contributed by atoms with van der Waals surface area (Å²) in [7, 11) is 0. The number of ether oxygens (including phenoxy) is 1. The lowest BCUT2D eigenvalue weighted by Gasteiger charge is -2.09. The zero-order valence-electron chi connectivity index (χ0n) is 8.78. The molecule has 1 atom stereocenters. The third kappa shape index (κ3) is 7.58.